The van der Waals surface area contributed by atoms with E-state index in [0.717, 1.165) is 25.2 Å². The van der Waals surface area contributed by atoms with Gasteiger partial charge in [0.25, 0.3) is 5.91 Å². The van der Waals surface area contributed by atoms with E-state index in [0.29, 0.717) is 13.2 Å². The lowest BCUT2D eigenvalue weighted by Gasteiger charge is -2.43. The number of benzene rings is 1. The Morgan fingerprint density at radius 1 is 1.17 bits per heavy atom. The van der Waals surface area contributed by atoms with E-state index in [4.69, 9.17) is 4.74 Å². The summed E-state index contributed by atoms with van der Waals surface area (Å²) < 4.78 is 7.85. The Morgan fingerprint density at radius 3 is 2.55 bits per heavy atom. The van der Waals surface area contributed by atoms with Crippen molar-refractivity contribution in [3.63, 3.8) is 0 Å². The van der Waals surface area contributed by atoms with Gasteiger partial charge in [0, 0.05) is 31.9 Å². The Labute approximate surface area is 170 Å². The number of aromatic nitrogens is 2. The number of hydrogen-bond donors (Lipinski definition) is 2. The molecule has 2 aliphatic heterocycles. The normalized spacial score (nSPS) is 23.3. The molecular weight excluding hydrogens is 372 g/mol. The topological polar surface area (TPSA) is 91.1 Å². The molecule has 0 saturated carbocycles. The summed E-state index contributed by atoms with van der Waals surface area (Å²) in [6.07, 6.45) is 7.06. The van der Waals surface area contributed by atoms with Crippen molar-refractivity contribution in [1.82, 2.24) is 19.6 Å². The van der Waals surface area contributed by atoms with Crippen LogP contribution in [0.25, 0.3) is 0 Å². The summed E-state index contributed by atoms with van der Waals surface area (Å²) in [4.78, 5) is 17.5. The van der Waals surface area contributed by atoms with E-state index in [2.05, 4.69) is 10.00 Å². The zero-order chi connectivity index (χ0) is 20.4. The minimum Gasteiger partial charge on any atom is -0.507 e. The average molecular weight is 400 g/mol. The minimum atomic E-state index is -0.401. The highest BCUT2D eigenvalue weighted by molar-refractivity contribution is 5.99. The van der Waals surface area contributed by atoms with E-state index in [-0.39, 0.29) is 29.2 Å². The van der Waals surface area contributed by atoms with E-state index in [9.17, 15) is 15.0 Å². The summed E-state index contributed by atoms with van der Waals surface area (Å²) in [5.41, 5.74) is 0.817. The molecule has 0 bridgehead atoms. The molecule has 2 N–H and O–H groups in total. The first-order chi connectivity index (χ1) is 14.0. The third kappa shape index (κ3) is 4.09. The Morgan fingerprint density at radius 2 is 1.90 bits per heavy atom. The van der Waals surface area contributed by atoms with Gasteiger partial charge < -0.3 is 24.7 Å². The van der Waals surface area contributed by atoms with Crippen molar-refractivity contribution in [2.24, 2.45) is 7.05 Å². The number of ether oxygens (including phenoxy) is 1. The maximum Gasteiger partial charge on any atom is 0.262 e. The van der Waals surface area contributed by atoms with Crippen LogP contribution in [0.5, 0.6) is 11.5 Å². The van der Waals surface area contributed by atoms with Gasteiger partial charge in [0.1, 0.15) is 17.1 Å². The fourth-order valence-electron chi connectivity index (χ4n) is 4.39. The van der Waals surface area contributed by atoms with E-state index < -0.39 is 5.91 Å². The summed E-state index contributed by atoms with van der Waals surface area (Å²) in [6, 6.07) is 4.00. The number of carbonyl (C=O) groups excluding carboxylic acids is 1. The molecule has 0 unspecified atom stereocenters. The second-order valence-electron chi connectivity index (χ2n) is 7.83. The maximum absolute atomic E-state index is 13.4. The molecule has 0 spiro atoms. The van der Waals surface area contributed by atoms with Gasteiger partial charge in [-0.1, -0.05) is 12.5 Å². The van der Waals surface area contributed by atoms with Crippen LogP contribution in [0.2, 0.25) is 0 Å². The number of likely N-dealkylation sites (tertiary alicyclic amines) is 1. The van der Waals surface area contributed by atoms with Crippen LogP contribution in [-0.4, -0.2) is 74.6 Å². The molecule has 2 fully saturated rings. The average Bonchev–Trinajstić information content (AvgIpc) is 3.14. The Kier molecular flexibility index (Phi) is 5.73. The lowest BCUT2D eigenvalue weighted by atomic mass is 9.98. The third-order valence-corrected chi connectivity index (χ3v) is 5.80. The van der Waals surface area contributed by atoms with Gasteiger partial charge in [0.15, 0.2) is 0 Å². The first-order valence-electron chi connectivity index (χ1n) is 10.2. The van der Waals surface area contributed by atoms with E-state index in [1.54, 1.807) is 15.8 Å². The SMILES string of the molecule is Cn1cc([C@H]2[C@H](CN3CCCCC3)OCCN2C(=O)c2c(O)cccc2O)cn1. The molecular formula is C21H28N4O4. The zero-order valence-electron chi connectivity index (χ0n) is 16.7. The van der Waals surface area contributed by atoms with Crippen molar-refractivity contribution in [2.75, 3.05) is 32.8 Å². The van der Waals surface area contributed by atoms with Gasteiger partial charge in [-0.3, -0.25) is 9.48 Å². The van der Waals surface area contributed by atoms with Crippen LogP contribution in [0.3, 0.4) is 0 Å². The van der Waals surface area contributed by atoms with Crippen LogP contribution < -0.4 is 0 Å². The van der Waals surface area contributed by atoms with Crippen LogP contribution in [0.1, 0.15) is 41.2 Å². The Hall–Kier alpha value is -2.58. The molecule has 4 rings (SSSR count). The summed E-state index contributed by atoms with van der Waals surface area (Å²) in [7, 11) is 1.84. The predicted octanol–water partition coefficient (Wildman–Crippen LogP) is 1.90. The number of carbonyl (C=O) groups is 1. The Balaban J connectivity index is 1.66. The highest BCUT2D eigenvalue weighted by Crippen LogP contribution is 2.35. The standard InChI is InChI=1S/C21H28N4O4/c1-23-13-15(12-22-23)20-18(14-24-8-3-2-4-9-24)29-11-10-25(20)21(28)19-16(26)6-5-7-17(19)27/h5-7,12-13,18,20,26-27H,2-4,8-11,14H2,1H3/t18-,20-/m0/s1. The van der Waals surface area contributed by atoms with Crippen LogP contribution >= 0.6 is 0 Å². The zero-order valence-corrected chi connectivity index (χ0v) is 16.7. The molecule has 8 heteroatoms. The number of nitrogens with zero attached hydrogens (tertiary/aromatic N) is 4. The summed E-state index contributed by atoms with van der Waals surface area (Å²) in [5.74, 6) is -0.848. The summed E-state index contributed by atoms with van der Waals surface area (Å²) in [6.45, 7) is 3.59. The van der Waals surface area contributed by atoms with Gasteiger partial charge in [-0.05, 0) is 38.1 Å². The number of aromatic hydroxyl groups is 2. The quantitative estimate of drug-likeness (QED) is 0.815. The number of hydrogen-bond acceptors (Lipinski definition) is 6. The first-order valence-corrected chi connectivity index (χ1v) is 10.2. The second kappa shape index (κ2) is 8.42. The number of piperidine rings is 1. The van der Waals surface area contributed by atoms with Crippen molar-refractivity contribution in [3.05, 3.63) is 41.7 Å². The van der Waals surface area contributed by atoms with Crippen molar-refractivity contribution < 1.29 is 19.7 Å². The molecule has 0 radical (unpaired) electrons. The molecule has 2 saturated heterocycles. The smallest absolute Gasteiger partial charge is 0.262 e. The third-order valence-electron chi connectivity index (χ3n) is 5.80. The van der Waals surface area contributed by atoms with Crippen molar-refractivity contribution in [3.8, 4) is 11.5 Å². The molecule has 2 aromatic rings. The Bertz CT molecular complexity index is 842. The van der Waals surface area contributed by atoms with Gasteiger partial charge in [-0.25, -0.2) is 0 Å². The molecule has 1 aromatic carbocycles. The van der Waals surface area contributed by atoms with Crippen LogP contribution in [0.4, 0.5) is 0 Å². The molecule has 0 aliphatic carbocycles. The minimum absolute atomic E-state index is 0.0694. The van der Waals surface area contributed by atoms with Crippen LogP contribution in [0.15, 0.2) is 30.6 Å². The largest absolute Gasteiger partial charge is 0.507 e. The van der Waals surface area contributed by atoms with Crippen LogP contribution in [-0.2, 0) is 11.8 Å². The fourth-order valence-corrected chi connectivity index (χ4v) is 4.39. The molecule has 2 atom stereocenters. The number of rotatable bonds is 4. The van der Waals surface area contributed by atoms with E-state index in [1.165, 1.54) is 37.5 Å². The van der Waals surface area contributed by atoms with Crippen molar-refractivity contribution in [2.45, 2.75) is 31.4 Å². The molecule has 3 heterocycles. The lowest BCUT2D eigenvalue weighted by Crippen LogP contribution is -2.52. The summed E-state index contributed by atoms with van der Waals surface area (Å²) >= 11 is 0. The molecule has 2 aliphatic rings. The van der Waals surface area contributed by atoms with Crippen molar-refractivity contribution >= 4 is 5.91 Å². The van der Waals surface area contributed by atoms with Gasteiger partial charge in [0.2, 0.25) is 0 Å². The number of aryl methyl sites for hydroxylation is 1. The monoisotopic (exact) mass is 400 g/mol. The van der Waals surface area contributed by atoms with E-state index in [1.807, 2.05) is 13.2 Å². The lowest BCUT2D eigenvalue weighted by molar-refractivity contribution is -0.0742. The van der Waals surface area contributed by atoms with Gasteiger partial charge >= 0.3 is 0 Å². The van der Waals surface area contributed by atoms with Crippen molar-refractivity contribution in [1.29, 1.82) is 0 Å². The fraction of sp³-hybridized carbons (Fsp3) is 0.524. The molecule has 29 heavy (non-hydrogen) atoms. The highest BCUT2D eigenvalue weighted by Gasteiger charge is 2.39. The number of amides is 1. The predicted molar refractivity (Wildman–Crippen MR) is 107 cm³/mol. The van der Waals surface area contributed by atoms with Gasteiger partial charge in [0.05, 0.1) is 24.9 Å². The van der Waals surface area contributed by atoms with Gasteiger partial charge in [-0.15, -0.1) is 0 Å². The van der Waals surface area contributed by atoms with Gasteiger partial charge in [-0.2, -0.15) is 5.10 Å². The van der Waals surface area contributed by atoms with Crippen LogP contribution in [0, 0.1) is 0 Å². The highest BCUT2D eigenvalue weighted by atomic mass is 16.5. The second-order valence-corrected chi connectivity index (χ2v) is 7.83. The van der Waals surface area contributed by atoms with E-state index >= 15 is 0 Å². The first kappa shape index (κ1) is 19.7. The molecule has 8 nitrogen and oxygen atoms in total. The number of phenolic OH excluding ortho intramolecular Hbond substituents is 2. The molecule has 156 valence electrons. The molecule has 1 amide bonds. The number of morpholine rings is 1. The summed E-state index contributed by atoms with van der Waals surface area (Å²) in [5, 5.41) is 24.7. The number of phenols is 2. The molecule has 1 aromatic heterocycles. The maximum atomic E-state index is 13.4.